The molecule has 0 bridgehead atoms. The monoisotopic (exact) mass is 856 g/mol. The predicted molar refractivity (Wildman–Crippen MR) is 202 cm³/mol. The molecule has 0 aromatic heterocycles. The van der Waals surface area contributed by atoms with Gasteiger partial charge in [0.05, 0.1) is 0 Å². The molecule has 1 heterocycles. The molecule has 7 rings (SSSR count). The molecule has 49 heavy (non-hydrogen) atoms. The summed E-state index contributed by atoms with van der Waals surface area (Å²) in [5.41, 5.74) is 18.5. The average Bonchev–Trinajstić information content (AvgIpc) is 3.61. The summed E-state index contributed by atoms with van der Waals surface area (Å²) in [6, 6.07) is 33.6. The molecule has 3 aliphatic rings. The molecule has 2 unspecified atom stereocenters. The number of allylic oxidation sites excluding steroid dienone is 2. The van der Waals surface area contributed by atoms with E-state index in [1.54, 1.807) is 22.3 Å². The van der Waals surface area contributed by atoms with Gasteiger partial charge in [0.25, 0.3) is 0 Å². The second kappa shape index (κ2) is 16.0. The largest absolute Gasteiger partial charge is 1.00 e. The van der Waals surface area contributed by atoms with Crippen LogP contribution in [0.15, 0.2) is 96.1 Å². The Kier molecular flexibility index (Phi) is 12.4. The van der Waals surface area contributed by atoms with E-state index < -0.39 is 20.0 Å². The van der Waals surface area contributed by atoms with Gasteiger partial charge in [-0.3, -0.25) is 0 Å². The van der Waals surface area contributed by atoms with Crippen LogP contribution >= 0.6 is 0 Å². The SMILES string of the molecule is CCCc1ccc(-c2cccc3c2C=C(CC(C)C)[CH]3[Hf+2]2([CH]3C(CC(C)C)=Cc4c(-c5ccc(CCC)cc5)cccc43)[CH2][CH2]2)cc1.[Cl-].[Cl-]. The van der Waals surface area contributed by atoms with Gasteiger partial charge in [-0.1, -0.05) is 0 Å². The first kappa shape index (κ1) is 38.1. The van der Waals surface area contributed by atoms with E-state index >= 15 is 0 Å². The number of halogens is 2. The van der Waals surface area contributed by atoms with Crippen molar-refractivity contribution in [2.45, 2.75) is 95.8 Å². The zero-order valence-electron chi connectivity index (χ0n) is 30.5. The molecule has 0 amide bonds. The Balaban J connectivity index is 0.00000234. The van der Waals surface area contributed by atoms with E-state index in [-0.39, 0.29) is 24.8 Å². The van der Waals surface area contributed by atoms with E-state index in [2.05, 4.69) is 139 Å². The third kappa shape index (κ3) is 7.43. The van der Waals surface area contributed by atoms with E-state index in [1.165, 1.54) is 78.5 Å². The quantitative estimate of drug-likeness (QED) is 0.129. The maximum Gasteiger partial charge on any atom is -1.00 e. The van der Waals surface area contributed by atoms with Gasteiger partial charge in [-0.25, -0.2) is 0 Å². The van der Waals surface area contributed by atoms with Crippen molar-refractivity contribution in [2.24, 2.45) is 11.8 Å². The Morgan fingerprint density at radius 1 is 0.551 bits per heavy atom. The van der Waals surface area contributed by atoms with E-state index in [0.29, 0.717) is 19.2 Å². The minimum absolute atomic E-state index is 0. The van der Waals surface area contributed by atoms with Crippen molar-refractivity contribution < 1.29 is 44.8 Å². The van der Waals surface area contributed by atoms with Crippen LogP contribution in [0.2, 0.25) is 8.35 Å². The summed E-state index contributed by atoms with van der Waals surface area (Å²) in [5, 5.41) is 0. The minimum Gasteiger partial charge on any atom is -1.00 e. The van der Waals surface area contributed by atoms with Gasteiger partial charge >= 0.3 is 291 Å². The van der Waals surface area contributed by atoms with Gasteiger partial charge in [0.2, 0.25) is 0 Å². The first-order valence-corrected chi connectivity index (χ1v) is 27.9. The molecule has 256 valence electrons. The molecule has 0 N–H and O–H groups in total. The topological polar surface area (TPSA) is 0 Å². The van der Waals surface area contributed by atoms with Crippen LogP contribution in [0.4, 0.5) is 0 Å². The second-order valence-corrected chi connectivity index (χ2v) is 32.3. The molecule has 0 spiro atoms. The van der Waals surface area contributed by atoms with Gasteiger partial charge in [-0.15, -0.1) is 0 Å². The number of rotatable bonds is 12. The fraction of sp³-hybridized carbons (Fsp3) is 0.391. The van der Waals surface area contributed by atoms with Gasteiger partial charge in [-0.05, 0) is 0 Å². The molecule has 4 aromatic carbocycles. The molecule has 1 saturated heterocycles. The number of hydrogen-bond donors (Lipinski definition) is 0. The van der Waals surface area contributed by atoms with E-state index in [1.807, 2.05) is 0 Å². The van der Waals surface area contributed by atoms with Crippen LogP contribution in [0, 0.1) is 11.8 Å². The van der Waals surface area contributed by atoms with E-state index in [4.69, 9.17) is 0 Å². The molecule has 0 radical (unpaired) electrons. The molecule has 2 aliphatic carbocycles. The van der Waals surface area contributed by atoms with Crippen molar-refractivity contribution in [3.63, 3.8) is 0 Å². The second-order valence-electron chi connectivity index (χ2n) is 15.7. The van der Waals surface area contributed by atoms with Crippen molar-refractivity contribution in [1.82, 2.24) is 0 Å². The maximum atomic E-state index is 2.69. The number of fused-ring (bicyclic) bond motifs is 2. The standard InChI is InChI=1S/2C22H25.C2H4.2ClH.Hf/c2*1-4-6-17-9-11-19(12-10-17)21-8-5-7-20-14-18(13-16(2)3)15-22(20)21;1-2;;;/h2*5,7-12,14-16H,4,6,13H2,1-3H3;1-2H2;2*1H;/q;;;;;+2/p-2. The van der Waals surface area contributed by atoms with Crippen LogP contribution in [0.3, 0.4) is 0 Å². The molecular weight excluding hydrogens is 802 g/mol. The van der Waals surface area contributed by atoms with Crippen LogP contribution in [0.5, 0.6) is 0 Å². The third-order valence-electron chi connectivity index (χ3n) is 11.2. The fourth-order valence-electron chi connectivity index (χ4n) is 9.25. The van der Waals surface area contributed by atoms with Crippen LogP contribution in [0.25, 0.3) is 34.4 Å². The fourth-order valence-corrected chi connectivity index (χ4v) is 37.1. The third-order valence-corrected chi connectivity index (χ3v) is 30.3. The van der Waals surface area contributed by atoms with Crippen molar-refractivity contribution in [2.75, 3.05) is 0 Å². The van der Waals surface area contributed by atoms with Crippen molar-refractivity contribution in [3.8, 4) is 22.3 Å². The predicted octanol–water partition coefficient (Wildman–Crippen LogP) is 7.61. The summed E-state index contributed by atoms with van der Waals surface area (Å²) < 4.78 is 4.45. The molecule has 0 saturated carbocycles. The van der Waals surface area contributed by atoms with Gasteiger partial charge in [-0.2, -0.15) is 0 Å². The molecule has 1 fully saturated rings. The Morgan fingerprint density at radius 3 is 1.27 bits per heavy atom. The normalized spacial score (nSPS) is 17.7. The summed E-state index contributed by atoms with van der Waals surface area (Å²) in [6.45, 7) is 14.3. The van der Waals surface area contributed by atoms with Crippen LogP contribution in [-0.4, -0.2) is 0 Å². The zero-order chi connectivity index (χ0) is 32.7. The maximum absolute atomic E-state index is 2.98. The first-order chi connectivity index (χ1) is 22.8. The van der Waals surface area contributed by atoms with Crippen molar-refractivity contribution >= 4 is 12.2 Å². The molecule has 2 atom stereocenters. The summed E-state index contributed by atoms with van der Waals surface area (Å²) in [6.07, 6.45) is 12.5. The Bertz CT molecular complexity index is 1670. The molecule has 1 aliphatic heterocycles. The van der Waals surface area contributed by atoms with Gasteiger partial charge in [0.15, 0.2) is 0 Å². The Hall–Kier alpha value is -2.19. The van der Waals surface area contributed by atoms with E-state index in [0.717, 1.165) is 12.8 Å². The summed E-state index contributed by atoms with van der Waals surface area (Å²) in [4.78, 5) is 0. The Morgan fingerprint density at radius 2 is 0.939 bits per heavy atom. The number of benzene rings is 4. The van der Waals surface area contributed by atoms with E-state index in [9.17, 15) is 0 Å². The molecule has 4 aromatic rings. The van der Waals surface area contributed by atoms with Gasteiger partial charge in [0, 0.05) is 0 Å². The molecule has 3 heteroatoms. The van der Waals surface area contributed by atoms with Gasteiger partial charge in [0.1, 0.15) is 0 Å². The van der Waals surface area contributed by atoms with Gasteiger partial charge < -0.3 is 24.8 Å². The van der Waals surface area contributed by atoms with Crippen LogP contribution in [-0.2, 0) is 32.8 Å². The molecule has 0 nitrogen and oxygen atoms in total. The van der Waals surface area contributed by atoms with Crippen LogP contribution in [0.1, 0.15) is 108 Å². The smallest absolute Gasteiger partial charge is 1.00 e. The number of hydrogen-bond acceptors (Lipinski definition) is 0. The first-order valence-electron chi connectivity index (χ1n) is 18.7. The zero-order valence-corrected chi connectivity index (χ0v) is 35.6. The minimum atomic E-state index is -2.98. The average molecular weight is 856 g/mol. The number of aryl methyl sites for hydroxylation is 2. The Labute approximate surface area is 314 Å². The van der Waals surface area contributed by atoms with Crippen molar-refractivity contribution in [3.05, 3.63) is 129 Å². The summed E-state index contributed by atoms with van der Waals surface area (Å²) in [7, 11) is 0. The summed E-state index contributed by atoms with van der Waals surface area (Å²) >= 11 is -2.98. The van der Waals surface area contributed by atoms with Crippen molar-refractivity contribution in [1.29, 1.82) is 0 Å². The van der Waals surface area contributed by atoms with Crippen LogP contribution < -0.4 is 24.8 Å². The molecular formula is C46H54Cl2Hf. The summed E-state index contributed by atoms with van der Waals surface area (Å²) in [5.74, 6) is 1.34.